The minimum Gasteiger partial charge on any atom is -0.393 e. The van der Waals surface area contributed by atoms with Crippen LogP contribution in [-0.2, 0) is 4.89 Å². The minimum atomic E-state index is -0.526. The molecule has 9 atom stereocenters. The SMILES string of the molecule is CC(C)CCC[C@@H](C)[C@H]1CC[C@H]2[C@@H]3CC[C@@]4(OO)C[C@@H](O)CC[C@]4(C)[C@H]3CC[C@]12C. The summed E-state index contributed by atoms with van der Waals surface area (Å²) in [5.74, 6) is 4.82. The lowest BCUT2D eigenvalue weighted by Crippen LogP contribution is -2.63. The number of fused-ring (bicyclic) bond motifs is 5. The van der Waals surface area contributed by atoms with E-state index >= 15 is 0 Å². The summed E-state index contributed by atoms with van der Waals surface area (Å²) in [7, 11) is 0. The lowest BCUT2D eigenvalue weighted by atomic mass is 9.43. The van der Waals surface area contributed by atoms with Gasteiger partial charge < -0.3 is 5.11 Å². The van der Waals surface area contributed by atoms with Crippen molar-refractivity contribution in [3.05, 3.63) is 0 Å². The lowest BCUT2D eigenvalue weighted by molar-refractivity contribution is -0.388. The van der Waals surface area contributed by atoms with Crippen LogP contribution in [0.4, 0.5) is 0 Å². The molecule has 0 spiro atoms. The predicted molar refractivity (Wildman–Crippen MR) is 122 cm³/mol. The van der Waals surface area contributed by atoms with Gasteiger partial charge in [0.25, 0.3) is 0 Å². The molecular weight excluding hydrogens is 372 g/mol. The molecule has 2 N–H and O–H groups in total. The summed E-state index contributed by atoms with van der Waals surface area (Å²) >= 11 is 0. The first-order valence-electron chi connectivity index (χ1n) is 13.2. The van der Waals surface area contributed by atoms with Crippen molar-refractivity contribution in [1.29, 1.82) is 0 Å². The average molecular weight is 421 g/mol. The van der Waals surface area contributed by atoms with Crippen molar-refractivity contribution in [3.63, 3.8) is 0 Å². The summed E-state index contributed by atoms with van der Waals surface area (Å²) in [6.45, 7) is 12.3. The van der Waals surface area contributed by atoms with E-state index < -0.39 is 5.60 Å². The van der Waals surface area contributed by atoms with Gasteiger partial charge in [0.2, 0.25) is 0 Å². The Bertz CT molecular complexity index is 605. The molecule has 0 aromatic rings. The van der Waals surface area contributed by atoms with Crippen LogP contribution in [0.15, 0.2) is 0 Å². The third-order valence-corrected chi connectivity index (χ3v) is 11.1. The van der Waals surface area contributed by atoms with E-state index in [1.807, 2.05) is 0 Å². The third-order valence-electron chi connectivity index (χ3n) is 11.1. The Morgan fingerprint density at radius 3 is 2.37 bits per heavy atom. The van der Waals surface area contributed by atoms with Crippen LogP contribution >= 0.6 is 0 Å². The van der Waals surface area contributed by atoms with Crippen LogP contribution < -0.4 is 0 Å². The first-order valence-corrected chi connectivity index (χ1v) is 13.2. The van der Waals surface area contributed by atoms with Crippen LogP contribution in [0, 0.1) is 46.3 Å². The second-order valence-corrected chi connectivity index (χ2v) is 12.8. The van der Waals surface area contributed by atoms with E-state index in [9.17, 15) is 10.4 Å². The number of aliphatic hydroxyl groups is 1. The number of hydrogen-bond donors (Lipinski definition) is 2. The zero-order valence-electron chi connectivity index (χ0n) is 20.3. The zero-order valence-corrected chi connectivity index (χ0v) is 20.3. The minimum absolute atomic E-state index is 0.00614. The van der Waals surface area contributed by atoms with Gasteiger partial charge in [-0.2, -0.15) is 0 Å². The van der Waals surface area contributed by atoms with Crippen molar-refractivity contribution in [2.75, 3.05) is 0 Å². The van der Waals surface area contributed by atoms with Crippen molar-refractivity contribution in [3.8, 4) is 0 Å². The van der Waals surface area contributed by atoms with Crippen molar-refractivity contribution >= 4 is 0 Å². The maximum absolute atomic E-state index is 10.4. The molecule has 30 heavy (non-hydrogen) atoms. The van der Waals surface area contributed by atoms with Crippen molar-refractivity contribution in [2.24, 2.45) is 46.3 Å². The average Bonchev–Trinajstić information content (AvgIpc) is 3.05. The molecule has 174 valence electrons. The Morgan fingerprint density at radius 2 is 1.67 bits per heavy atom. The molecule has 0 aliphatic heterocycles. The Balaban J connectivity index is 1.51. The molecule has 3 nitrogen and oxygen atoms in total. The summed E-state index contributed by atoms with van der Waals surface area (Å²) in [5.41, 5.74) is -0.0169. The Kier molecular flexibility index (Phi) is 6.41. The fourth-order valence-electron chi connectivity index (χ4n) is 9.41. The van der Waals surface area contributed by atoms with E-state index in [1.54, 1.807) is 0 Å². The molecule has 4 saturated carbocycles. The summed E-state index contributed by atoms with van der Waals surface area (Å²) in [6.07, 6.45) is 13.8. The fourth-order valence-corrected chi connectivity index (χ4v) is 9.41. The molecule has 0 aromatic carbocycles. The Hall–Kier alpha value is -0.120. The molecule has 3 heteroatoms. The van der Waals surface area contributed by atoms with E-state index in [-0.39, 0.29) is 11.5 Å². The number of hydrogen-bond acceptors (Lipinski definition) is 3. The van der Waals surface area contributed by atoms with E-state index in [2.05, 4.69) is 34.6 Å². The molecule has 4 aliphatic rings. The number of aliphatic hydroxyl groups excluding tert-OH is 1. The van der Waals surface area contributed by atoms with E-state index in [1.165, 1.54) is 51.4 Å². The van der Waals surface area contributed by atoms with Crippen LogP contribution in [-0.4, -0.2) is 22.1 Å². The zero-order chi connectivity index (χ0) is 21.7. The highest BCUT2D eigenvalue weighted by Gasteiger charge is 2.66. The van der Waals surface area contributed by atoms with Gasteiger partial charge in [-0.3, -0.25) is 5.26 Å². The van der Waals surface area contributed by atoms with Gasteiger partial charge in [-0.15, -0.1) is 0 Å². The molecule has 0 heterocycles. The van der Waals surface area contributed by atoms with Gasteiger partial charge in [0.05, 0.1) is 6.10 Å². The molecule has 0 bridgehead atoms. The molecule has 0 aromatic heterocycles. The summed E-state index contributed by atoms with van der Waals surface area (Å²) in [4.78, 5) is 5.30. The third kappa shape index (κ3) is 3.50. The molecular formula is C27H48O3. The van der Waals surface area contributed by atoms with Gasteiger partial charge in [0.15, 0.2) is 0 Å². The first-order chi connectivity index (χ1) is 14.2. The summed E-state index contributed by atoms with van der Waals surface area (Å²) < 4.78 is 0. The van der Waals surface area contributed by atoms with Crippen LogP contribution in [0.25, 0.3) is 0 Å². The molecule has 0 saturated heterocycles. The van der Waals surface area contributed by atoms with Gasteiger partial charge >= 0.3 is 0 Å². The van der Waals surface area contributed by atoms with E-state index in [0.717, 1.165) is 48.9 Å². The van der Waals surface area contributed by atoms with Crippen molar-refractivity contribution < 1.29 is 15.3 Å². The molecule has 0 unspecified atom stereocenters. The van der Waals surface area contributed by atoms with E-state index in [4.69, 9.17) is 4.89 Å². The highest BCUT2D eigenvalue weighted by molar-refractivity contribution is 5.14. The normalized spacial score (nSPS) is 49.4. The van der Waals surface area contributed by atoms with Gasteiger partial charge in [0, 0.05) is 11.8 Å². The second-order valence-electron chi connectivity index (χ2n) is 12.8. The lowest BCUT2D eigenvalue weighted by Gasteiger charge is -2.64. The smallest absolute Gasteiger partial charge is 0.111 e. The Labute approximate surface area is 185 Å². The maximum atomic E-state index is 10.4. The summed E-state index contributed by atoms with van der Waals surface area (Å²) in [5, 5.41) is 20.4. The predicted octanol–water partition coefficient (Wildman–Crippen LogP) is 7.08. The quantitative estimate of drug-likeness (QED) is 0.356. The molecule has 4 fully saturated rings. The maximum Gasteiger partial charge on any atom is 0.111 e. The van der Waals surface area contributed by atoms with Crippen LogP contribution in [0.2, 0.25) is 0 Å². The van der Waals surface area contributed by atoms with Crippen LogP contribution in [0.1, 0.15) is 112 Å². The van der Waals surface area contributed by atoms with Gasteiger partial charge in [-0.1, -0.05) is 53.9 Å². The standard InChI is InChI=1S/C27H48O3/c1-18(2)7-6-8-19(3)22-9-10-23-21-12-16-27(30-29)17-20(28)11-15-26(27,5)24(21)13-14-25(22,23)4/h18-24,28-29H,6-17H2,1-5H3/t19-,20+,21+,22-,23+,24+,25-,26-,27-/m1/s1. The number of rotatable bonds is 6. The van der Waals surface area contributed by atoms with Gasteiger partial charge in [-0.05, 0) is 92.3 Å². The summed E-state index contributed by atoms with van der Waals surface area (Å²) in [6, 6.07) is 0. The highest BCUT2D eigenvalue weighted by atomic mass is 17.1. The largest absolute Gasteiger partial charge is 0.393 e. The van der Waals surface area contributed by atoms with Gasteiger partial charge in [-0.25, -0.2) is 4.89 Å². The molecule has 0 amide bonds. The molecule has 4 aliphatic carbocycles. The van der Waals surface area contributed by atoms with Crippen molar-refractivity contribution in [1.82, 2.24) is 0 Å². The molecule has 4 rings (SSSR count). The second kappa shape index (κ2) is 8.34. The molecule has 0 radical (unpaired) electrons. The Morgan fingerprint density at radius 1 is 0.900 bits per heavy atom. The monoisotopic (exact) mass is 420 g/mol. The first kappa shape index (κ1) is 23.1. The van der Waals surface area contributed by atoms with E-state index in [0.29, 0.717) is 17.8 Å². The topological polar surface area (TPSA) is 49.7 Å². The highest BCUT2D eigenvalue weighted by Crippen LogP contribution is 2.69. The van der Waals surface area contributed by atoms with Crippen LogP contribution in [0.3, 0.4) is 0 Å². The van der Waals surface area contributed by atoms with Crippen LogP contribution in [0.5, 0.6) is 0 Å². The van der Waals surface area contributed by atoms with Crippen molar-refractivity contribution in [2.45, 2.75) is 123 Å². The van der Waals surface area contributed by atoms with Gasteiger partial charge in [0.1, 0.15) is 5.60 Å². The fraction of sp³-hybridized carbons (Fsp3) is 1.00.